The Kier molecular flexibility index (Phi) is 4.48. The Morgan fingerprint density at radius 3 is 2.46 bits per heavy atom. The maximum atomic E-state index is 13.8. The van der Waals surface area contributed by atoms with Gasteiger partial charge in [-0.1, -0.05) is 0 Å². The number of hydrogen-bond donors (Lipinski definition) is 2. The molecule has 0 spiro atoms. The van der Waals surface area contributed by atoms with Crippen LogP contribution < -0.4 is 4.72 Å². The first-order valence-corrected chi connectivity index (χ1v) is 9.11. The average molecular weight is 409 g/mol. The highest BCUT2D eigenvalue weighted by atomic mass is 32.2. The van der Waals surface area contributed by atoms with E-state index in [0.29, 0.717) is 10.7 Å². The van der Waals surface area contributed by atoms with Gasteiger partial charge in [0, 0.05) is 23.8 Å². The van der Waals surface area contributed by atoms with E-state index in [1.807, 2.05) is 0 Å². The fourth-order valence-corrected chi connectivity index (χ4v) is 3.72. The van der Waals surface area contributed by atoms with Gasteiger partial charge in [-0.2, -0.15) is 13.2 Å². The monoisotopic (exact) mass is 409 g/mol. The van der Waals surface area contributed by atoms with E-state index >= 15 is 0 Å². The molecule has 0 fully saturated rings. The van der Waals surface area contributed by atoms with E-state index in [9.17, 15) is 30.4 Å². The van der Waals surface area contributed by atoms with E-state index in [-0.39, 0.29) is 17.0 Å². The number of aromatic nitrogens is 2. The summed E-state index contributed by atoms with van der Waals surface area (Å²) < 4.78 is 91.3. The van der Waals surface area contributed by atoms with E-state index in [1.165, 1.54) is 23.6 Å². The van der Waals surface area contributed by atoms with Gasteiger partial charge in [-0.3, -0.25) is 4.72 Å². The molecule has 138 valence electrons. The van der Waals surface area contributed by atoms with Gasteiger partial charge in [-0.25, -0.2) is 22.2 Å². The Morgan fingerprint density at radius 1 is 1.12 bits per heavy atom. The molecule has 0 aliphatic carbocycles. The van der Waals surface area contributed by atoms with E-state index in [0.717, 1.165) is 6.20 Å². The number of nitrogens with zero attached hydrogens (tertiary/aromatic N) is 1. The molecule has 12 heteroatoms. The predicted octanol–water partition coefficient (Wildman–Crippen LogP) is 4.24. The van der Waals surface area contributed by atoms with E-state index in [4.69, 9.17) is 0 Å². The third-order valence-corrected chi connectivity index (χ3v) is 5.39. The molecule has 0 saturated heterocycles. The number of nitrogens with one attached hydrogen (secondary N) is 2. The molecular weight excluding hydrogens is 401 g/mol. The molecule has 5 nitrogen and oxygen atoms in total. The quantitative estimate of drug-likeness (QED) is 0.633. The fourth-order valence-electron chi connectivity index (χ4n) is 2.06. The average Bonchev–Trinajstić information content (AvgIpc) is 3.19. The molecule has 1 aromatic carbocycles. The smallest absolute Gasteiger partial charge is 0.358 e. The van der Waals surface area contributed by atoms with Crippen LogP contribution in [-0.4, -0.2) is 18.4 Å². The number of thiazole rings is 1. The van der Waals surface area contributed by atoms with Crippen molar-refractivity contribution in [3.05, 3.63) is 53.2 Å². The minimum Gasteiger partial charge on any atom is -0.358 e. The SMILES string of the molecule is O=S(=O)(Nc1cc(F)c(C(F)(F)F)cc1F)c1c[nH]c(-c2nccs2)c1. The van der Waals surface area contributed by atoms with Crippen LogP contribution in [0.4, 0.5) is 27.6 Å². The van der Waals surface area contributed by atoms with E-state index < -0.39 is 39.1 Å². The summed E-state index contributed by atoms with van der Waals surface area (Å²) >= 11 is 1.24. The number of halogens is 5. The highest BCUT2D eigenvalue weighted by Crippen LogP contribution is 2.34. The van der Waals surface area contributed by atoms with E-state index in [1.54, 1.807) is 10.1 Å². The molecular formula is C14H8F5N3O2S2. The molecule has 0 saturated carbocycles. The van der Waals surface area contributed by atoms with E-state index in [2.05, 4.69) is 9.97 Å². The molecule has 0 atom stereocenters. The normalized spacial score (nSPS) is 12.3. The third-order valence-electron chi connectivity index (χ3n) is 3.24. The van der Waals surface area contributed by atoms with Crippen molar-refractivity contribution >= 4 is 27.0 Å². The summed E-state index contributed by atoms with van der Waals surface area (Å²) in [6.07, 6.45) is -2.50. The minimum absolute atomic E-state index is 0.106. The lowest BCUT2D eigenvalue weighted by Gasteiger charge is -2.12. The van der Waals surface area contributed by atoms with Crippen LogP contribution in [0.15, 0.2) is 40.9 Å². The summed E-state index contributed by atoms with van der Waals surface area (Å²) in [6.45, 7) is 0. The van der Waals surface area contributed by atoms with Gasteiger partial charge in [0.1, 0.15) is 21.5 Å². The fraction of sp³-hybridized carbons (Fsp3) is 0.0714. The van der Waals surface area contributed by atoms with Crippen molar-refractivity contribution in [2.45, 2.75) is 11.1 Å². The highest BCUT2D eigenvalue weighted by Gasteiger charge is 2.35. The van der Waals surface area contributed by atoms with Crippen LogP contribution in [0.3, 0.4) is 0 Å². The number of sulfonamides is 1. The molecule has 3 rings (SSSR count). The zero-order chi connectivity index (χ0) is 19.1. The van der Waals surface area contributed by atoms with Gasteiger partial charge in [-0.05, 0) is 12.1 Å². The summed E-state index contributed by atoms with van der Waals surface area (Å²) in [6, 6.07) is 1.24. The van der Waals surface area contributed by atoms with Gasteiger partial charge < -0.3 is 4.98 Å². The molecule has 0 unspecified atom stereocenters. The topological polar surface area (TPSA) is 74.8 Å². The molecule has 0 bridgehead atoms. The Labute approximate surface area is 147 Å². The Morgan fingerprint density at radius 2 is 1.85 bits per heavy atom. The molecule has 0 radical (unpaired) electrons. The lowest BCUT2D eigenvalue weighted by Crippen LogP contribution is -2.15. The number of H-pyrrole nitrogens is 1. The minimum atomic E-state index is -5.11. The predicted molar refractivity (Wildman–Crippen MR) is 84.1 cm³/mol. The van der Waals surface area contributed by atoms with Crippen LogP contribution in [0, 0.1) is 11.6 Å². The number of benzene rings is 1. The summed E-state index contributed by atoms with van der Waals surface area (Å²) in [5.74, 6) is -3.35. The van der Waals surface area contributed by atoms with Crippen molar-refractivity contribution < 1.29 is 30.4 Å². The Hall–Kier alpha value is -2.47. The molecule has 2 heterocycles. The lowest BCUT2D eigenvalue weighted by atomic mass is 10.2. The zero-order valence-corrected chi connectivity index (χ0v) is 14.1. The Bertz CT molecular complexity index is 1040. The standard InChI is InChI=1S/C14H8F5N3O2S2/c15-9-5-11(10(16)4-8(9)14(17,18)19)22-26(23,24)7-3-12(21-6-7)13-20-1-2-25-13/h1-6,21-22H. The highest BCUT2D eigenvalue weighted by molar-refractivity contribution is 7.92. The number of alkyl halides is 3. The van der Waals surface area contributed by atoms with Crippen molar-refractivity contribution in [3.63, 3.8) is 0 Å². The first-order chi connectivity index (χ1) is 12.1. The number of aromatic amines is 1. The number of hydrogen-bond acceptors (Lipinski definition) is 4. The van der Waals surface area contributed by atoms with Gasteiger partial charge in [-0.15, -0.1) is 11.3 Å². The van der Waals surface area contributed by atoms with Crippen LogP contribution in [-0.2, 0) is 16.2 Å². The summed E-state index contributed by atoms with van der Waals surface area (Å²) in [5, 5.41) is 2.17. The van der Waals surface area contributed by atoms with Gasteiger partial charge in [0.25, 0.3) is 10.0 Å². The maximum Gasteiger partial charge on any atom is 0.419 e. The molecule has 0 amide bonds. The van der Waals surface area contributed by atoms with Crippen molar-refractivity contribution in [2.24, 2.45) is 0 Å². The van der Waals surface area contributed by atoms with Crippen molar-refractivity contribution in [3.8, 4) is 10.7 Å². The largest absolute Gasteiger partial charge is 0.419 e. The van der Waals surface area contributed by atoms with Crippen LogP contribution >= 0.6 is 11.3 Å². The maximum absolute atomic E-state index is 13.8. The van der Waals surface area contributed by atoms with Crippen molar-refractivity contribution in [2.75, 3.05) is 4.72 Å². The second-order valence-electron chi connectivity index (χ2n) is 5.00. The first kappa shape index (κ1) is 18.3. The lowest BCUT2D eigenvalue weighted by molar-refractivity contribution is -0.140. The van der Waals surface area contributed by atoms with Crippen LogP contribution in [0.1, 0.15) is 5.56 Å². The molecule has 2 N–H and O–H groups in total. The zero-order valence-electron chi connectivity index (χ0n) is 12.4. The number of anilines is 1. The second kappa shape index (κ2) is 6.36. The van der Waals surface area contributed by atoms with Gasteiger partial charge in [0.15, 0.2) is 0 Å². The second-order valence-corrected chi connectivity index (χ2v) is 7.58. The molecule has 0 aliphatic rings. The van der Waals surface area contributed by atoms with Gasteiger partial charge in [0.05, 0.1) is 16.9 Å². The summed E-state index contributed by atoms with van der Waals surface area (Å²) in [4.78, 5) is 6.33. The van der Waals surface area contributed by atoms with Crippen LogP contribution in [0.25, 0.3) is 10.7 Å². The molecule has 26 heavy (non-hydrogen) atoms. The van der Waals surface area contributed by atoms with Crippen molar-refractivity contribution in [1.29, 1.82) is 0 Å². The third kappa shape index (κ3) is 3.55. The first-order valence-electron chi connectivity index (χ1n) is 6.75. The Balaban J connectivity index is 1.92. The van der Waals surface area contributed by atoms with Crippen LogP contribution in [0.2, 0.25) is 0 Å². The van der Waals surface area contributed by atoms with Gasteiger partial charge in [0.2, 0.25) is 0 Å². The summed E-state index contributed by atoms with van der Waals surface area (Å²) in [7, 11) is -4.36. The van der Waals surface area contributed by atoms with Crippen molar-refractivity contribution in [1.82, 2.24) is 9.97 Å². The summed E-state index contributed by atoms with van der Waals surface area (Å²) in [5.41, 5.74) is -2.39. The molecule has 3 aromatic rings. The molecule has 0 aliphatic heterocycles. The van der Waals surface area contributed by atoms with Gasteiger partial charge >= 0.3 is 6.18 Å². The van der Waals surface area contributed by atoms with Crippen LogP contribution in [0.5, 0.6) is 0 Å². The number of rotatable bonds is 4. The molecule has 2 aromatic heterocycles.